The monoisotopic (exact) mass is 228 g/mol. The third-order valence-corrected chi connectivity index (χ3v) is 2.35. The number of hydrogen-bond acceptors (Lipinski definition) is 3. The van der Waals surface area contributed by atoms with Crippen molar-refractivity contribution in [3.8, 4) is 0 Å². The fraction of sp³-hybridized carbons (Fsp3) is 1.00. The summed E-state index contributed by atoms with van der Waals surface area (Å²) in [7, 11) is 0. The van der Waals surface area contributed by atoms with Gasteiger partial charge in [-0.3, -0.25) is 0 Å². The lowest BCUT2D eigenvalue weighted by Crippen LogP contribution is -2.46. The molecule has 0 amide bonds. The van der Waals surface area contributed by atoms with Crippen LogP contribution in [-0.4, -0.2) is 36.9 Å². The maximum Gasteiger partial charge on any atom is 0.443 e. The Bertz CT molecular complexity index is 188. The molecule has 1 heterocycles. The van der Waals surface area contributed by atoms with E-state index in [0.717, 1.165) is 0 Å². The second-order valence-corrected chi connectivity index (χ2v) is 3.48. The number of hydrogen-bond donors (Lipinski definition) is 1. The Morgan fingerprint density at radius 3 is 2.13 bits per heavy atom. The van der Waals surface area contributed by atoms with Crippen molar-refractivity contribution in [2.75, 3.05) is 19.8 Å². The predicted molar refractivity (Wildman–Crippen MR) is 46.2 cm³/mol. The van der Waals surface area contributed by atoms with E-state index in [1.807, 2.05) is 0 Å². The summed E-state index contributed by atoms with van der Waals surface area (Å²) in [6.07, 6.45) is -3.30. The zero-order valence-electron chi connectivity index (χ0n) is 8.35. The van der Waals surface area contributed by atoms with E-state index < -0.39 is 12.0 Å². The van der Waals surface area contributed by atoms with E-state index in [1.54, 1.807) is 0 Å². The van der Waals surface area contributed by atoms with Crippen LogP contribution < -0.4 is 0 Å². The van der Waals surface area contributed by atoms with Gasteiger partial charge in [0.15, 0.2) is 0 Å². The van der Waals surface area contributed by atoms with Crippen LogP contribution in [0.5, 0.6) is 0 Å². The van der Waals surface area contributed by atoms with E-state index in [-0.39, 0.29) is 26.2 Å². The van der Waals surface area contributed by atoms with Crippen molar-refractivity contribution in [1.82, 2.24) is 0 Å². The molecule has 15 heavy (non-hydrogen) atoms. The first kappa shape index (κ1) is 12.7. The van der Waals surface area contributed by atoms with Crippen molar-refractivity contribution < 1.29 is 27.8 Å². The van der Waals surface area contributed by atoms with Crippen molar-refractivity contribution in [2.24, 2.45) is 0 Å². The van der Waals surface area contributed by atoms with Crippen LogP contribution in [0.3, 0.4) is 0 Å². The Hall–Kier alpha value is -0.330. The van der Waals surface area contributed by atoms with Gasteiger partial charge < -0.3 is 14.6 Å². The molecule has 1 aliphatic rings. The highest BCUT2D eigenvalue weighted by atomic mass is 19.4. The van der Waals surface area contributed by atoms with Crippen LogP contribution in [0.2, 0.25) is 0 Å². The van der Waals surface area contributed by atoms with Crippen molar-refractivity contribution in [3.05, 3.63) is 0 Å². The van der Waals surface area contributed by atoms with Gasteiger partial charge >= 0.3 is 6.18 Å². The van der Waals surface area contributed by atoms with Gasteiger partial charge in [-0.1, -0.05) is 6.42 Å². The highest BCUT2D eigenvalue weighted by Crippen LogP contribution is 2.41. The first-order valence-electron chi connectivity index (χ1n) is 4.97. The third kappa shape index (κ3) is 3.06. The predicted octanol–water partition coefficient (Wildman–Crippen LogP) is 1.84. The average molecular weight is 228 g/mol. The minimum absolute atomic E-state index is 0.000726. The van der Waals surface area contributed by atoms with Gasteiger partial charge in [0.1, 0.15) is 0 Å². The number of alkyl halides is 3. The number of unbranched alkanes of at least 4 members (excludes halogenated alkanes) is 2. The lowest BCUT2D eigenvalue weighted by Gasteiger charge is -2.29. The fourth-order valence-electron chi connectivity index (χ4n) is 1.55. The second kappa shape index (κ2) is 5.14. The molecule has 0 aliphatic carbocycles. The van der Waals surface area contributed by atoms with Crippen LogP contribution in [0.15, 0.2) is 0 Å². The summed E-state index contributed by atoms with van der Waals surface area (Å²) in [5.41, 5.74) is 0. The molecule has 6 heteroatoms. The van der Waals surface area contributed by atoms with E-state index in [1.165, 1.54) is 0 Å². The largest absolute Gasteiger partial charge is 0.443 e. The topological polar surface area (TPSA) is 38.7 Å². The molecule has 0 spiro atoms. The van der Waals surface area contributed by atoms with Crippen LogP contribution in [0, 0.1) is 0 Å². The molecule has 1 aliphatic heterocycles. The maximum absolute atomic E-state index is 12.6. The summed E-state index contributed by atoms with van der Waals surface area (Å²) in [5.74, 6) is -2.40. The molecule has 0 aromatic rings. The highest BCUT2D eigenvalue weighted by Gasteiger charge is 2.59. The number of aliphatic hydroxyl groups is 1. The van der Waals surface area contributed by atoms with Gasteiger partial charge in [-0.25, -0.2) is 0 Å². The quantitative estimate of drug-likeness (QED) is 0.730. The normalized spacial score (nSPS) is 20.8. The molecule has 0 radical (unpaired) electrons. The highest BCUT2D eigenvalue weighted by molar-refractivity contribution is 4.82. The van der Waals surface area contributed by atoms with Gasteiger partial charge in [0.2, 0.25) is 0 Å². The van der Waals surface area contributed by atoms with Gasteiger partial charge in [0, 0.05) is 13.0 Å². The first-order valence-corrected chi connectivity index (χ1v) is 4.97. The molecule has 0 atom stereocenters. The van der Waals surface area contributed by atoms with Gasteiger partial charge in [-0.2, -0.15) is 13.2 Å². The average Bonchev–Trinajstić information content (AvgIpc) is 2.61. The molecule has 3 nitrogen and oxygen atoms in total. The van der Waals surface area contributed by atoms with Crippen molar-refractivity contribution in [1.29, 1.82) is 0 Å². The number of ether oxygens (including phenoxy) is 2. The molecular weight excluding hydrogens is 213 g/mol. The summed E-state index contributed by atoms with van der Waals surface area (Å²) in [4.78, 5) is 0. The van der Waals surface area contributed by atoms with E-state index in [2.05, 4.69) is 9.47 Å². The van der Waals surface area contributed by atoms with Crippen molar-refractivity contribution in [3.63, 3.8) is 0 Å². The van der Waals surface area contributed by atoms with E-state index >= 15 is 0 Å². The Kier molecular flexibility index (Phi) is 4.36. The number of halogens is 3. The third-order valence-electron chi connectivity index (χ3n) is 2.35. The number of rotatable bonds is 5. The summed E-state index contributed by atoms with van der Waals surface area (Å²) in [5, 5.41) is 8.50. The molecule has 0 aromatic heterocycles. The van der Waals surface area contributed by atoms with Crippen molar-refractivity contribution in [2.45, 2.75) is 37.6 Å². The van der Waals surface area contributed by atoms with Gasteiger partial charge in [0.25, 0.3) is 5.79 Å². The lowest BCUT2D eigenvalue weighted by molar-refractivity contribution is -0.346. The molecule has 0 bridgehead atoms. The molecule has 90 valence electrons. The van der Waals surface area contributed by atoms with Crippen LogP contribution in [-0.2, 0) is 9.47 Å². The van der Waals surface area contributed by atoms with E-state index in [9.17, 15) is 13.2 Å². The molecule has 1 fully saturated rings. The number of aliphatic hydroxyl groups excluding tert-OH is 1. The zero-order valence-corrected chi connectivity index (χ0v) is 8.35. The van der Waals surface area contributed by atoms with Gasteiger partial charge in [-0.15, -0.1) is 0 Å². The Balaban J connectivity index is 2.44. The van der Waals surface area contributed by atoms with Gasteiger partial charge in [0.05, 0.1) is 13.2 Å². The molecule has 0 aromatic carbocycles. The van der Waals surface area contributed by atoms with E-state index in [4.69, 9.17) is 5.11 Å². The molecule has 0 unspecified atom stereocenters. The standard InChI is InChI=1S/C9H15F3O3/c10-9(11,12)8(14-6-7-15-8)4-2-1-3-5-13/h13H,1-7H2. The van der Waals surface area contributed by atoms with Crippen LogP contribution >= 0.6 is 0 Å². The minimum Gasteiger partial charge on any atom is -0.396 e. The maximum atomic E-state index is 12.6. The summed E-state index contributed by atoms with van der Waals surface area (Å²) >= 11 is 0. The van der Waals surface area contributed by atoms with Crippen LogP contribution in [0.1, 0.15) is 25.7 Å². The first-order chi connectivity index (χ1) is 7.02. The Morgan fingerprint density at radius 2 is 1.67 bits per heavy atom. The lowest BCUT2D eigenvalue weighted by atomic mass is 10.1. The smallest absolute Gasteiger partial charge is 0.396 e. The Morgan fingerprint density at radius 1 is 1.07 bits per heavy atom. The van der Waals surface area contributed by atoms with Gasteiger partial charge in [-0.05, 0) is 12.8 Å². The van der Waals surface area contributed by atoms with Crippen LogP contribution in [0.25, 0.3) is 0 Å². The molecule has 1 rings (SSSR count). The summed E-state index contributed by atoms with van der Waals surface area (Å²) < 4.78 is 47.2. The van der Waals surface area contributed by atoms with E-state index in [0.29, 0.717) is 19.3 Å². The second-order valence-electron chi connectivity index (χ2n) is 3.48. The SMILES string of the molecule is OCCCCCC1(C(F)(F)F)OCCO1. The summed E-state index contributed by atoms with van der Waals surface area (Å²) in [6.45, 7) is -0.0280. The summed E-state index contributed by atoms with van der Waals surface area (Å²) in [6, 6.07) is 0. The fourth-order valence-corrected chi connectivity index (χ4v) is 1.55. The minimum atomic E-state index is -4.48. The Labute approximate surface area is 86.2 Å². The molecule has 1 N–H and O–H groups in total. The van der Waals surface area contributed by atoms with Crippen molar-refractivity contribution >= 4 is 0 Å². The van der Waals surface area contributed by atoms with Crippen LogP contribution in [0.4, 0.5) is 13.2 Å². The molecule has 1 saturated heterocycles. The zero-order chi connectivity index (χ0) is 11.4. The molecule has 0 saturated carbocycles. The molecular formula is C9H15F3O3.